The molecule has 4 bridgehead atoms. The number of nitrogens with zero attached hydrogens (tertiary/aromatic N) is 2. The minimum Gasteiger partial charge on any atom is -0.391 e. The standard InChI is InChI=1S/C28H40N2O6/c1-17-18-6-7-19-26-10-5-9-25(2,3)21(26)24(34)28(36-16-26,27(19,22(17)32)23(18)33)35-15-8-20(31)30-13-11-29(4)12-14-30/h5,10,18-19,21,23-24,33-34H,1,6-9,11-16H2,2-4H3/t18-,19-,21+,23+,24-,26+,27-,28+/m0/s1. The zero-order valence-electron chi connectivity index (χ0n) is 21.7. The van der Waals surface area contributed by atoms with E-state index in [0.717, 1.165) is 25.9 Å². The van der Waals surface area contributed by atoms with Gasteiger partial charge in [-0.1, -0.05) is 32.6 Å². The molecule has 7 rings (SSSR count). The van der Waals surface area contributed by atoms with E-state index >= 15 is 0 Å². The number of allylic oxidation sites excluding steroid dienone is 1. The van der Waals surface area contributed by atoms with Gasteiger partial charge < -0.3 is 29.5 Å². The van der Waals surface area contributed by atoms with Crippen molar-refractivity contribution in [1.29, 1.82) is 0 Å². The number of piperazine rings is 1. The molecule has 8 atom stereocenters. The van der Waals surface area contributed by atoms with Crippen molar-refractivity contribution in [1.82, 2.24) is 9.80 Å². The van der Waals surface area contributed by atoms with Crippen LogP contribution in [0, 0.1) is 34.0 Å². The Hall–Kier alpha value is -1.58. The number of hydrogen-bond acceptors (Lipinski definition) is 7. The first-order valence-electron chi connectivity index (χ1n) is 13.5. The van der Waals surface area contributed by atoms with Crippen molar-refractivity contribution in [3.63, 3.8) is 0 Å². The lowest BCUT2D eigenvalue weighted by Gasteiger charge is -2.73. The maximum absolute atomic E-state index is 14.1. The Kier molecular flexibility index (Phi) is 5.47. The molecule has 3 saturated carbocycles. The maximum Gasteiger partial charge on any atom is 0.224 e. The number of likely N-dealkylation sites (N-methyl/N-ethyl adjacent to an activating group) is 1. The van der Waals surface area contributed by atoms with Gasteiger partial charge in [-0.15, -0.1) is 0 Å². The molecular formula is C28H40N2O6. The predicted molar refractivity (Wildman–Crippen MR) is 132 cm³/mol. The zero-order chi connectivity index (χ0) is 25.7. The summed E-state index contributed by atoms with van der Waals surface area (Å²) in [6, 6.07) is 0. The van der Waals surface area contributed by atoms with Crippen LogP contribution in [0.4, 0.5) is 0 Å². The molecule has 0 aromatic rings. The molecule has 2 N–H and O–H groups in total. The molecule has 36 heavy (non-hydrogen) atoms. The molecule has 0 aromatic heterocycles. The molecule has 0 radical (unpaired) electrons. The number of aliphatic hydroxyl groups is 2. The molecule has 7 aliphatic rings. The predicted octanol–water partition coefficient (Wildman–Crippen LogP) is 1.37. The highest BCUT2D eigenvalue weighted by molar-refractivity contribution is 6.05. The van der Waals surface area contributed by atoms with Crippen LogP contribution in [0.1, 0.15) is 39.5 Å². The number of amides is 1. The fourth-order valence-corrected chi connectivity index (χ4v) is 9.13. The third-order valence-corrected chi connectivity index (χ3v) is 10.7. The second-order valence-corrected chi connectivity index (χ2v) is 12.8. The van der Waals surface area contributed by atoms with Gasteiger partial charge in [0.2, 0.25) is 11.7 Å². The lowest BCUT2D eigenvalue weighted by molar-refractivity contribution is -0.447. The first-order valence-corrected chi connectivity index (χ1v) is 13.5. The number of hydrogen-bond donors (Lipinski definition) is 2. The van der Waals surface area contributed by atoms with Crippen LogP contribution < -0.4 is 0 Å². The van der Waals surface area contributed by atoms with Gasteiger partial charge in [-0.25, -0.2) is 0 Å². The second kappa shape index (κ2) is 7.96. The van der Waals surface area contributed by atoms with Crippen LogP contribution in [0.25, 0.3) is 0 Å². The van der Waals surface area contributed by atoms with Gasteiger partial charge in [0.15, 0.2) is 5.78 Å². The van der Waals surface area contributed by atoms with E-state index < -0.39 is 28.8 Å². The number of fused-ring (bicyclic) bond motifs is 2. The summed E-state index contributed by atoms with van der Waals surface area (Å²) in [5.41, 5.74) is -1.81. The number of aliphatic hydroxyl groups excluding tert-OH is 2. The molecule has 0 unspecified atom stereocenters. The van der Waals surface area contributed by atoms with Crippen LogP contribution in [0.3, 0.4) is 0 Å². The van der Waals surface area contributed by atoms with Crippen LogP contribution >= 0.6 is 0 Å². The second-order valence-electron chi connectivity index (χ2n) is 12.8. The van der Waals surface area contributed by atoms with E-state index in [2.05, 4.69) is 37.5 Å². The Balaban J connectivity index is 1.37. The molecule has 3 aliphatic heterocycles. The van der Waals surface area contributed by atoms with Crippen molar-refractivity contribution in [2.75, 3.05) is 46.4 Å². The number of Topliss-reactive ketones (excluding diaryl/α,β-unsaturated/α-hetero) is 1. The number of carbonyl (C=O) groups excluding carboxylic acids is 2. The van der Waals surface area contributed by atoms with Crippen molar-refractivity contribution in [2.24, 2.45) is 34.0 Å². The van der Waals surface area contributed by atoms with Crippen LogP contribution in [0.15, 0.2) is 24.3 Å². The van der Waals surface area contributed by atoms with E-state index in [1.807, 2.05) is 11.9 Å². The number of rotatable bonds is 4. The van der Waals surface area contributed by atoms with Gasteiger partial charge in [-0.05, 0) is 43.2 Å². The van der Waals surface area contributed by atoms with E-state index in [-0.39, 0.29) is 47.9 Å². The molecule has 3 saturated heterocycles. The Morgan fingerprint density at radius 1 is 1.19 bits per heavy atom. The van der Waals surface area contributed by atoms with Crippen molar-refractivity contribution in [2.45, 2.75) is 57.5 Å². The first-order chi connectivity index (χ1) is 17.0. The van der Waals surface area contributed by atoms with Crippen molar-refractivity contribution < 1.29 is 29.3 Å². The minimum atomic E-state index is -1.70. The van der Waals surface area contributed by atoms with Crippen LogP contribution in [-0.2, 0) is 19.1 Å². The fraction of sp³-hybridized carbons (Fsp3) is 0.786. The summed E-state index contributed by atoms with van der Waals surface area (Å²) >= 11 is 0. The van der Waals surface area contributed by atoms with Crippen LogP contribution in [0.5, 0.6) is 0 Å². The third-order valence-electron chi connectivity index (χ3n) is 10.7. The molecular weight excluding hydrogens is 460 g/mol. The Bertz CT molecular complexity index is 1020. The number of ether oxygens (including phenoxy) is 2. The molecule has 2 spiro atoms. The highest BCUT2D eigenvalue weighted by atomic mass is 16.7. The van der Waals surface area contributed by atoms with E-state index in [1.54, 1.807) is 0 Å². The number of ketones is 1. The SMILES string of the molecule is C=C1C(=O)[C@]23[C@H](O)[C@H]1CC[C@H]2[C@]12C=CCC(C)(C)[C@H]1[C@H](O)[C@@]3(OCCC(=O)N1CCN(C)CC1)OC2. The van der Waals surface area contributed by atoms with Crippen molar-refractivity contribution in [3.8, 4) is 0 Å². The lowest BCUT2D eigenvalue weighted by atomic mass is 9.37. The van der Waals surface area contributed by atoms with Crippen molar-refractivity contribution >= 4 is 11.7 Å². The summed E-state index contributed by atoms with van der Waals surface area (Å²) in [5.74, 6) is -2.72. The average Bonchev–Trinajstić information content (AvgIpc) is 2.93. The smallest absolute Gasteiger partial charge is 0.224 e. The summed E-state index contributed by atoms with van der Waals surface area (Å²) in [6.07, 6.45) is 4.52. The van der Waals surface area contributed by atoms with Gasteiger partial charge in [0, 0.05) is 43.4 Å². The first kappa shape index (κ1) is 24.7. The average molecular weight is 501 g/mol. The van der Waals surface area contributed by atoms with E-state index in [4.69, 9.17) is 9.47 Å². The molecule has 1 amide bonds. The molecule has 198 valence electrons. The van der Waals surface area contributed by atoms with Gasteiger partial charge in [0.1, 0.15) is 11.5 Å². The monoisotopic (exact) mass is 500 g/mol. The Morgan fingerprint density at radius 3 is 2.64 bits per heavy atom. The molecule has 6 fully saturated rings. The topological polar surface area (TPSA) is 99.5 Å². The molecule has 0 aromatic carbocycles. The summed E-state index contributed by atoms with van der Waals surface area (Å²) in [7, 11) is 2.04. The number of carbonyl (C=O) groups is 2. The summed E-state index contributed by atoms with van der Waals surface area (Å²) < 4.78 is 13.0. The fourth-order valence-electron chi connectivity index (χ4n) is 9.13. The summed E-state index contributed by atoms with van der Waals surface area (Å²) in [6.45, 7) is 11.7. The quantitative estimate of drug-likeness (QED) is 0.444. The highest BCUT2D eigenvalue weighted by Crippen LogP contribution is 2.76. The van der Waals surface area contributed by atoms with Gasteiger partial charge in [0.05, 0.1) is 25.7 Å². The molecule has 8 nitrogen and oxygen atoms in total. The zero-order valence-corrected chi connectivity index (χ0v) is 21.7. The summed E-state index contributed by atoms with van der Waals surface area (Å²) in [4.78, 5) is 31.1. The van der Waals surface area contributed by atoms with Gasteiger partial charge in [0.25, 0.3) is 0 Å². The minimum absolute atomic E-state index is 0.00541. The highest BCUT2D eigenvalue weighted by Gasteiger charge is 2.86. The molecule has 4 aliphatic carbocycles. The normalized spacial score (nSPS) is 47.1. The van der Waals surface area contributed by atoms with E-state index in [0.29, 0.717) is 31.7 Å². The van der Waals surface area contributed by atoms with Gasteiger partial charge >= 0.3 is 0 Å². The maximum atomic E-state index is 14.1. The lowest BCUT2D eigenvalue weighted by Crippen LogP contribution is -2.83. The molecule has 8 heteroatoms. The van der Waals surface area contributed by atoms with Crippen molar-refractivity contribution in [3.05, 3.63) is 24.3 Å². The van der Waals surface area contributed by atoms with E-state index in [1.165, 1.54) is 0 Å². The Labute approximate surface area is 213 Å². The summed E-state index contributed by atoms with van der Waals surface area (Å²) in [5, 5.41) is 23.9. The van der Waals surface area contributed by atoms with Gasteiger partial charge in [-0.3, -0.25) is 9.59 Å². The van der Waals surface area contributed by atoms with Crippen LogP contribution in [-0.4, -0.2) is 96.1 Å². The van der Waals surface area contributed by atoms with Gasteiger partial charge in [-0.2, -0.15) is 0 Å². The molecule has 3 heterocycles. The third kappa shape index (κ3) is 2.83. The van der Waals surface area contributed by atoms with E-state index in [9.17, 15) is 19.8 Å². The largest absolute Gasteiger partial charge is 0.391 e. The van der Waals surface area contributed by atoms with Crippen LogP contribution in [0.2, 0.25) is 0 Å². The Morgan fingerprint density at radius 2 is 1.92 bits per heavy atom.